The lowest BCUT2D eigenvalue weighted by molar-refractivity contribution is -0.241. The summed E-state index contributed by atoms with van der Waals surface area (Å²) in [4.78, 5) is 52.2. The van der Waals surface area contributed by atoms with Gasteiger partial charge in [0, 0.05) is 41.1 Å². The maximum absolute atomic E-state index is 14.3. The number of methoxy groups -OCH3 is 1. The normalized spacial score (nSPS) is 42.2. The number of cyclic esters (lactones) is 1. The molecule has 1 aromatic rings. The van der Waals surface area contributed by atoms with Gasteiger partial charge >= 0.3 is 17.9 Å². The molecule has 1 N–H and O–H groups in total. The number of aliphatic hydroxyl groups is 1. The van der Waals surface area contributed by atoms with Crippen molar-refractivity contribution in [2.24, 2.45) is 45.8 Å². The number of ether oxygens (including phenoxy) is 3. The van der Waals surface area contributed by atoms with Gasteiger partial charge in [0.15, 0.2) is 6.10 Å². The lowest BCUT2D eigenvalue weighted by Crippen LogP contribution is -2.71. The van der Waals surface area contributed by atoms with Gasteiger partial charge in [-0.25, -0.2) is 4.79 Å². The van der Waals surface area contributed by atoms with E-state index in [4.69, 9.17) is 18.6 Å². The maximum atomic E-state index is 14.3. The number of furan rings is 1. The minimum Gasteiger partial charge on any atom is -0.472 e. The van der Waals surface area contributed by atoms with Gasteiger partial charge in [-0.3, -0.25) is 14.4 Å². The van der Waals surface area contributed by atoms with Gasteiger partial charge in [-0.1, -0.05) is 27.7 Å². The second-order valence-electron chi connectivity index (χ2n) is 12.8. The van der Waals surface area contributed by atoms with Crippen LogP contribution in [0.2, 0.25) is 0 Å². The standard InChI is InChI=1S/C29H38O9/c1-14(30)37-25-17-11-16-18(29(5,23(17)33)22(27(25,2)3)21(32)26(34)35-6)7-9-28(4)19(16)12-20(31)38-24(28)15-8-10-36-13-15/h8,10,13,16-19,21-22,24-25,32H,7,9,11-12H2,1-6H3. The molecule has 9 heteroatoms. The van der Waals surface area contributed by atoms with Crippen LogP contribution in [0.25, 0.3) is 0 Å². The maximum Gasteiger partial charge on any atom is 0.335 e. The van der Waals surface area contributed by atoms with Gasteiger partial charge in [0.1, 0.15) is 18.0 Å². The molecule has 5 rings (SSSR count). The molecule has 10 atom stereocenters. The highest BCUT2D eigenvalue weighted by Crippen LogP contribution is 2.70. The molecule has 0 radical (unpaired) electrons. The Hall–Kier alpha value is -2.68. The fourth-order valence-electron chi connectivity index (χ4n) is 9.29. The average molecular weight is 531 g/mol. The Labute approximate surface area is 222 Å². The zero-order chi connectivity index (χ0) is 27.8. The molecule has 0 spiro atoms. The van der Waals surface area contributed by atoms with E-state index in [-0.39, 0.29) is 35.9 Å². The summed E-state index contributed by atoms with van der Waals surface area (Å²) in [5, 5.41) is 11.4. The smallest absolute Gasteiger partial charge is 0.335 e. The Morgan fingerprint density at radius 2 is 1.87 bits per heavy atom. The van der Waals surface area contributed by atoms with Gasteiger partial charge in [0.25, 0.3) is 0 Å². The molecule has 1 saturated heterocycles. The number of rotatable bonds is 4. The molecular weight excluding hydrogens is 492 g/mol. The molecule has 10 unspecified atom stereocenters. The first-order valence-electron chi connectivity index (χ1n) is 13.5. The van der Waals surface area contributed by atoms with Gasteiger partial charge < -0.3 is 23.7 Å². The molecule has 4 fully saturated rings. The number of Topliss-reactive ketones (excluding diaryl/α,β-unsaturated/α-hetero) is 1. The third-order valence-corrected chi connectivity index (χ3v) is 10.7. The van der Waals surface area contributed by atoms with Crippen molar-refractivity contribution in [3.05, 3.63) is 24.2 Å². The first-order chi connectivity index (χ1) is 17.8. The molecule has 208 valence electrons. The second-order valence-corrected chi connectivity index (χ2v) is 12.8. The Bertz CT molecular complexity index is 1140. The van der Waals surface area contributed by atoms with Crippen LogP contribution in [0, 0.1) is 45.8 Å². The van der Waals surface area contributed by atoms with Crippen molar-refractivity contribution in [2.45, 2.75) is 78.6 Å². The zero-order valence-corrected chi connectivity index (χ0v) is 22.9. The fourth-order valence-corrected chi connectivity index (χ4v) is 9.29. The Kier molecular flexibility index (Phi) is 6.32. The van der Waals surface area contributed by atoms with Crippen molar-refractivity contribution in [1.29, 1.82) is 0 Å². The summed E-state index contributed by atoms with van der Waals surface area (Å²) in [6.07, 6.45) is 2.33. The number of carbonyl (C=O) groups is 4. The predicted octanol–water partition coefficient (Wildman–Crippen LogP) is 3.63. The minimum atomic E-state index is -1.58. The summed E-state index contributed by atoms with van der Waals surface area (Å²) < 4.78 is 22.0. The molecular formula is C29H38O9. The van der Waals surface area contributed by atoms with Crippen LogP contribution in [-0.4, -0.2) is 48.1 Å². The topological polar surface area (TPSA) is 129 Å². The number of ketones is 1. The molecule has 0 aromatic carbocycles. The minimum absolute atomic E-state index is 0.0785. The molecule has 2 heterocycles. The van der Waals surface area contributed by atoms with E-state index in [0.717, 1.165) is 5.56 Å². The largest absolute Gasteiger partial charge is 0.472 e. The Morgan fingerprint density at radius 3 is 2.47 bits per heavy atom. The summed E-state index contributed by atoms with van der Waals surface area (Å²) in [5.41, 5.74) is -1.58. The quantitative estimate of drug-likeness (QED) is 0.458. The number of carbonyl (C=O) groups excluding carboxylic acids is 4. The van der Waals surface area contributed by atoms with E-state index in [9.17, 15) is 24.3 Å². The summed E-state index contributed by atoms with van der Waals surface area (Å²) in [6.45, 7) is 9.01. The Morgan fingerprint density at radius 1 is 1.16 bits per heavy atom. The highest BCUT2D eigenvalue weighted by atomic mass is 16.6. The van der Waals surface area contributed by atoms with Crippen molar-refractivity contribution in [1.82, 2.24) is 0 Å². The van der Waals surface area contributed by atoms with Gasteiger partial charge in [-0.05, 0) is 43.1 Å². The number of hydrogen-bond donors (Lipinski definition) is 1. The van der Waals surface area contributed by atoms with Gasteiger partial charge in [-0.2, -0.15) is 0 Å². The van der Waals surface area contributed by atoms with Crippen LogP contribution >= 0.6 is 0 Å². The highest BCUT2D eigenvalue weighted by molar-refractivity contribution is 5.92. The SMILES string of the molecule is COC(=O)C(O)C1C(C)(C)C(OC(C)=O)C2CC3C4CC(=O)OC(c5ccoc5)C4(C)CCC3C1(C)C2=O. The van der Waals surface area contributed by atoms with Crippen LogP contribution in [0.15, 0.2) is 23.0 Å². The number of aliphatic hydroxyl groups excluding tert-OH is 1. The van der Waals surface area contributed by atoms with E-state index in [1.807, 2.05) is 26.8 Å². The average Bonchev–Trinajstić information content (AvgIpc) is 3.38. The van der Waals surface area contributed by atoms with Gasteiger partial charge in [-0.15, -0.1) is 0 Å². The summed E-state index contributed by atoms with van der Waals surface area (Å²) in [7, 11) is 1.21. The van der Waals surface area contributed by atoms with E-state index in [2.05, 4.69) is 6.92 Å². The highest BCUT2D eigenvalue weighted by Gasteiger charge is 2.72. The van der Waals surface area contributed by atoms with Crippen molar-refractivity contribution < 1.29 is 42.9 Å². The first kappa shape index (κ1) is 26.9. The van der Waals surface area contributed by atoms with E-state index in [0.29, 0.717) is 19.3 Å². The van der Waals surface area contributed by atoms with E-state index < -0.39 is 58.3 Å². The van der Waals surface area contributed by atoms with Crippen molar-refractivity contribution in [3.8, 4) is 0 Å². The summed E-state index contributed by atoms with van der Waals surface area (Å²) in [6, 6.07) is 1.82. The van der Waals surface area contributed by atoms with Crippen molar-refractivity contribution in [2.75, 3.05) is 7.11 Å². The monoisotopic (exact) mass is 530 g/mol. The molecule has 1 aliphatic heterocycles. The van der Waals surface area contributed by atoms with E-state index in [1.165, 1.54) is 14.0 Å². The van der Waals surface area contributed by atoms with Gasteiger partial charge in [0.05, 0.1) is 25.6 Å². The molecule has 9 nitrogen and oxygen atoms in total. The number of hydrogen-bond acceptors (Lipinski definition) is 9. The molecule has 38 heavy (non-hydrogen) atoms. The van der Waals surface area contributed by atoms with Crippen LogP contribution in [0.1, 0.15) is 72.0 Å². The predicted molar refractivity (Wildman–Crippen MR) is 132 cm³/mol. The molecule has 3 aliphatic carbocycles. The summed E-state index contributed by atoms with van der Waals surface area (Å²) in [5.74, 6) is -3.56. The third-order valence-electron chi connectivity index (χ3n) is 10.7. The number of fused-ring (bicyclic) bond motifs is 6. The molecule has 1 aromatic heterocycles. The van der Waals surface area contributed by atoms with Gasteiger partial charge in [0.2, 0.25) is 0 Å². The van der Waals surface area contributed by atoms with Crippen LogP contribution < -0.4 is 0 Å². The Balaban J connectivity index is 1.64. The van der Waals surface area contributed by atoms with E-state index in [1.54, 1.807) is 12.5 Å². The van der Waals surface area contributed by atoms with Crippen LogP contribution in [0.4, 0.5) is 0 Å². The van der Waals surface area contributed by atoms with Crippen LogP contribution in [0.5, 0.6) is 0 Å². The molecule has 3 saturated carbocycles. The van der Waals surface area contributed by atoms with Crippen LogP contribution in [-0.2, 0) is 33.4 Å². The first-order valence-corrected chi connectivity index (χ1v) is 13.5. The second kappa shape index (κ2) is 8.93. The third kappa shape index (κ3) is 3.60. The molecule has 4 aliphatic rings. The van der Waals surface area contributed by atoms with Crippen molar-refractivity contribution >= 4 is 23.7 Å². The molecule has 0 amide bonds. The summed E-state index contributed by atoms with van der Waals surface area (Å²) >= 11 is 0. The lowest BCUT2D eigenvalue weighted by Gasteiger charge is -2.67. The number of esters is 3. The fraction of sp³-hybridized carbons (Fsp3) is 0.724. The zero-order valence-electron chi connectivity index (χ0n) is 22.9. The lowest BCUT2D eigenvalue weighted by atomic mass is 9.37. The van der Waals surface area contributed by atoms with Crippen molar-refractivity contribution in [3.63, 3.8) is 0 Å². The van der Waals surface area contributed by atoms with Crippen LogP contribution in [0.3, 0.4) is 0 Å². The van der Waals surface area contributed by atoms with E-state index >= 15 is 0 Å². The molecule has 2 bridgehead atoms.